The first kappa shape index (κ1) is 18.1. The van der Waals surface area contributed by atoms with Crippen LogP contribution in [0.25, 0.3) is 27.8 Å². The number of aromatic carboxylic acids is 1. The predicted octanol–water partition coefficient (Wildman–Crippen LogP) is 3.80. The number of nitrogens with zero attached hydrogens (tertiary/aromatic N) is 3. The van der Waals surface area contributed by atoms with Gasteiger partial charge in [-0.15, -0.1) is 4.91 Å². The Balaban J connectivity index is 1.78. The van der Waals surface area contributed by atoms with Crippen LogP contribution in [0.5, 0.6) is 0 Å². The Morgan fingerprint density at radius 3 is 2.62 bits per heavy atom. The maximum absolute atomic E-state index is 11.8. The molecule has 0 fully saturated rings. The Kier molecular flexibility index (Phi) is 4.58. The fourth-order valence-corrected chi connectivity index (χ4v) is 3.21. The molecule has 0 aliphatic heterocycles. The molecule has 3 aromatic carbocycles. The van der Waals surface area contributed by atoms with Gasteiger partial charge in [0.25, 0.3) is 5.91 Å². The highest BCUT2D eigenvalue weighted by Crippen LogP contribution is 2.27. The number of nitroso groups, excluding NO2 is 1. The molecule has 4 aromatic rings. The van der Waals surface area contributed by atoms with Gasteiger partial charge in [-0.05, 0) is 47.5 Å². The van der Waals surface area contributed by atoms with Crippen LogP contribution < -0.4 is 5.43 Å². The summed E-state index contributed by atoms with van der Waals surface area (Å²) in [5.41, 5.74) is 5.83. The first-order valence-corrected chi connectivity index (χ1v) is 8.61. The topological polar surface area (TPSA) is 114 Å². The molecule has 0 aliphatic carbocycles. The van der Waals surface area contributed by atoms with Crippen LogP contribution in [0, 0.1) is 4.91 Å². The minimum atomic E-state index is -0.991. The summed E-state index contributed by atoms with van der Waals surface area (Å²) in [5.74, 6) is -1.60. The molecule has 2 N–H and O–H groups in total. The lowest BCUT2D eigenvalue weighted by Crippen LogP contribution is -2.16. The number of imidazole rings is 1. The number of carbonyl (C=O) groups is 2. The molecule has 0 saturated heterocycles. The SMILES string of the molecule is O=NNC(=O)c1ccc2c(c1)ncn2-c1cccc(-c2ccccc2C(=O)O)c1. The third kappa shape index (κ3) is 3.34. The number of rotatable bonds is 5. The van der Waals surface area contributed by atoms with E-state index in [2.05, 4.69) is 10.3 Å². The zero-order valence-electron chi connectivity index (χ0n) is 14.9. The van der Waals surface area contributed by atoms with Crippen molar-refractivity contribution in [2.24, 2.45) is 5.29 Å². The van der Waals surface area contributed by atoms with Crippen LogP contribution in [0.1, 0.15) is 20.7 Å². The first-order chi connectivity index (χ1) is 14.1. The second-order valence-electron chi connectivity index (χ2n) is 6.25. The molecule has 1 amide bonds. The van der Waals surface area contributed by atoms with E-state index in [0.29, 0.717) is 11.1 Å². The molecule has 8 nitrogen and oxygen atoms in total. The van der Waals surface area contributed by atoms with Gasteiger partial charge in [-0.3, -0.25) is 9.36 Å². The second kappa shape index (κ2) is 7.35. The van der Waals surface area contributed by atoms with Crippen molar-refractivity contribution in [3.8, 4) is 16.8 Å². The van der Waals surface area contributed by atoms with Crippen molar-refractivity contribution in [3.05, 3.63) is 89.1 Å². The number of nitrogens with one attached hydrogen (secondary N) is 1. The molecule has 4 rings (SSSR count). The maximum atomic E-state index is 11.8. The van der Waals surface area contributed by atoms with E-state index in [1.54, 1.807) is 48.8 Å². The zero-order chi connectivity index (χ0) is 20.4. The summed E-state index contributed by atoms with van der Waals surface area (Å²) >= 11 is 0. The number of aromatic nitrogens is 2. The molecule has 0 spiro atoms. The smallest absolute Gasteiger partial charge is 0.336 e. The lowest BCUT2D eigenvalue weighted by molar-refractivity contribution is 0.0697. The van der Waals surface area contributed by atoms with Crippen LogP contribution in [-0.4, -0.2) is 26.5 Å². The highest BCUT2D eigenvalue weighted by molar-refractivity contribution is 5.98. The lowest BCUT2D eigenvalue weighted by Gasteiger charge is -2.10. The van der Waals surface area contributed by atoms with Gasteiger partial charge in [0.05, 0.1) is 21.9 Å². The molecular formula is C21H14N4O4. The summed E-state index contributed by atoms with van der Waals surface area (Å²) in [6.45, 7) is 0. The normalized spacial score (nSPS) is 10.6. The van der Waals surface area contributed by atoms with E-state index in [9.17, 15) is 19.6 Å². The van der Waals surface area contributed by atoms with Crippen LogP contribution in [0.2, 0.25) is 0 Å². The Morgan fingerprint density at radius 2 is 1.83 bits per heavy atom. The Labute approximate surface area is 164 Å². The van der Waals surface area contributed by atoms with Crippen molar-refractivity contribution in [2.75, 3.05) is 0 Å². The molecule has 1 aromatic heterocycles. The lowest BCUT2D eigenvalue weighted by atomic mass is 9.99. The Morgan fingerprint density at radius 1 is 1.00 bits per heavy atom. The quantitative estimate of drug-likeness (QED) is 0.400. The zero-order valence-corrected chi connectivity index (χ0v) is 14.9. The van der Waals surface area contributed by atoms with E-state index < -0.39 is 11.9 Å². The average Bonchev–Trinajstić information content (AvgIpc) is 3.17. The summed E-state index contributed by atoms with van der Waals surface area (Å²) < 4.78 is 1.84. The van der Waals surface area contributed by atoms with Crippen LogP contribution in [0.3, 0.4) is 0 Å². The first-order valence-electron chi connectivity index (χ1n) is 8.61. The number of carboxylic acids is 1. The van der Waals surface area contributed by atoms with Crippen molar-refractivity contribution >= 4 is 22.9 Å². The standard InChI is InChI=1S/C21H14N4O4/c26-20(23-24-29)14-8-9-19-18(11-14)22-12-25(19)15-5-3-4-13(10-15)16-6-1-2-7-17(16)21(27)28/h1-12H,(H,27,28)(H,23,26,29). The summed E-state index contributed by atoms with van der Waals surface area (Å²) in [6.07, 6.45) is 1.62. The number of amides is 1. The number of hydrogen-bond acceptors (Lipinski definition) is 5. The van der Waals surface area contributed by atoms with Crippen LogP contribution in [0.4, 0.5) is 0 Å². The van der Waals surface area contributed by atoms with Gasteiger partial charge in [0.15, 0.2) is 0 Å². The molecule has 0 atom stereocenters. The number of carboxylic acid groups (broad SMARTS) is 1. The summed E-state index contributed by atoms with van der Waals surface area (Å²) in [5, 5.41) is 11.8. The summed E-state index contributed by atoms with van der Waals surface area (Å²) in [7, 11) is 0. The number of benzene rings is 3. The van der Waals surface area contributed by atoms with Gasteiger partial charge in [0.2, 0.25) is 0 Å². The molecule has 0 aliphatic rings. The van der Waals surface area contributed by atoms with Gasteiger partial charge in [0.1, 0.15) is 6.33 Å². The van der Waals surface area contributed by atoms with E-state index in [-0.39, 0.29) is 11.1 Å². The summed E-state index contributed by atoms with van der Waals surface area (Å²) in [6, 6.07) is 19.1. The van der Waals surface area contributed by atoms with E-state index in [1.807, 2.05) is 34.3 Å². The highest BCUT2D eigenvalue weighted by atomic mass is 16.4. The molecular weight excluding hydrogens is 372 g/mol. The third-order valence-electron chi connectivity index (χ3n) is 4.55. The van der Waals surface area contributed by atoms with Gasteiger partial charge in [-0.25, -0.2) is 15.2 Å². The molecule has 8 heteroatoms. The van der Waals surface area contributed by atoms with Gasteiger partial charge in [0, 0.05) is 11.3 Å². The number of hydrogen-bond donors (Lipinski definition) is 2. The Hall–Kier alpha value is -4.33. The monoisotopic (exact) mass is 386 g/mol. The molecule has 29 heavy (non-hydrogen) atoms. The molecule has 142 valence electrons. The minimum Gasteiger partial charge on any atom is -0.478 e. The van der Waals surface area contributed by atoms with Gasteiger partial charge in [-0.1, -0.05) is 30.3 Å². The van der Waals surface area contributed by atoms with E-state index in [1.165, 1.54) is 0 Å². The second-order valence-corrected chi connectivity index (χ2v) is 6.25. The van der Waals surface area contributed by atoms with E-state index in [4.69, 9.17) is 0 Å². The van der Waals surface area contributed by atoms with Crippen LogP contribution in [0.15, 0.2) is 78.3 Å². The maximum Gasteiger partial charge on any atom is 0.336 e. The van der Waals surface area contributed by atoms with Crippen molar-refractivity contribution in [1.82, 2.24) is 15.0 Å². The van der Waals surface area contributed by atoms with Crippen LogP contribution in [-0.2, 0) is 0 Å². The number of fused-ring (bicyclic) bond motifs is 1. The van der Waals surface area contributed by atoms with E-state index >= 15 is 0 Å². The molecule has 1 heterocycles. The van der Waals surface area contributed by atoms with Gasteiger partial charge >= 0.3 is 5.97 Å². The molecule has 0 bridgehead atoms. The Bertz CT molecular complexity index is 1260. The minimum absolute atomic E-state index is 0.222. The third-order valence-corrected chi connectivity index (χ3v) is 4.55. The fourth-order valence-electron chi connectivity index (χ4n) is 3.21. The average molecular weight is 386 g/mol. The van der Waals surface area contributed by atoms with Gasteiger partial charge < -0.3 is 5.11 Å². The highest BCUT2D eigenvalue weighted by Gasteiger charge is 2.13. The molecule has 0 unspecified atom stereocenters. The fraction of sp³-hybridized carbons (Fsp3) is 0. The molecule has 0 radical (unpaired) electrons. The largest absolute Gasteiger partial charge is 0.478 e. The van der Waals surface area contributed by atoms with Crippen molar-refractivity contribution < 1.29 is 14.7 Å². The molecule has 0 saturated carbocycles. The van der Waals surface area contributed by atoms with E-state index in [0.717, 1.165) is 16.8 Å². The summed E-state index contributed by atoms with van der Waals surface area (Å²) in [4.78, 5) is 37.9. The van der Waals surface area contributed by atoms with Gasteiger partial charge in [-0.2, -0.15) is 0 Å². The predicted molar refractivity (Wildman–Crippen MR) is 107 cm³/mol. The van der Waals surface area contributed by atoms with Crippen LogP contribution >= 0.6 is 0 Å². The van der Waals surface area contributed by atoms with Crippen molar-refractivity contribution in [2.45, 2.75) is 0 Å². The number of carbonyl (C=O) groups excluding carboxylic acids is 1. The van der Waals surface area contributed by atoms with Crippen molar-refractivity contribution in [3.63, 3.8) is 0 Å². The van der Waals surface area contributed by atoms with Crippen molar-refractivity contribution in [1.29, 1.82) is 0 Å².